The third kappa shape index (κ3) is 5.01. The molecule has 2 aromatic rings. The summed E-state index contributed by atoms with van der Waals surface area (Å²) >= 11 is 1.57. The Labute approximate surface area is 165 Å². The maximum Gasteiger partial charge on any atom is 0.229 e. The molecule has 3 atom stereocenters. The highest BCUT2D eigenvalue weighted by Gasteiger charge is 2.28. The highest BCUT2D eigenvalue weighted by atomic mass is 32.2. The first-order chi connectivity index (χ1) is 13.0. The maximum atomic E-state index is 13.9. The second-order valence-electron chi connectivity index (χ2n) is 7.76. The van der Waals surface area contributed by atoms with Crippen LogP contribution in [0.4, 0.5) is 4.39 Å². The Morgan fingerprint density at radius 3 is 2.85 bits per heavy atom. The number of halogens is 1. The molecule has 1 aliphatic carbocycles. The molecule has 5 heteroatoms. The predicted octanol–water partition coefficient (Wildman–Crippen LogP) is 6.05. The minimum absolute atomic E-state index is 0.303. The van der Waals surface area contributed by atoms with Crippen molar-refractivity contribution in [3.05, 3.63) is 41.5 Å². The lowest BCUT2D eigenvalue weighted by Crippen LogP contribution is -2.26. The molecule has 3 unspecified atom stereocenters. The number of oxazole rings is 1. The van der Waals surface area contributed by atoms with Crippen LogP contribution in [-0.4, -0.2) is 16.5 Å². The molecule has 3 nitrogen and oxygen atoms in total. The summed E-state index contributed by atoms with van der Waals surface area (Å²) in [5.74, 6) is 3.95. The van der Waals surface area contributed by atoms with E-state index < -0.39 is 0 Å². The van der Waals surface area contributed by atoms with Crippen molar-refractivity contribution < 1.29 is 13.6 Å². The number of hydrogen-bond donors (Lipinski definition) is 0. The van der Waals surface area contributed by atoms with E-state index in [-0.39, 0.29) is 5.82 Å². The van der Waals surface area contributed by atoms with E-state index in [9.17, 15) is 9.18 Å². The van der Waals surface area contributed by atoms with E-state index in [0.717, 1.165) is 11.6 Å². The van der Waals surface area contributed by atoms with Crippen LogP contribution in [0.15, 0.2) is 28.7 Å². The number of aromatic nitrogens is 1. The second-order valence-corrected chi connectivity index (χ2v) is 8.75. The molecule has 3 rings (SSSR count). The fourth-order valence-corrected chi connectivity index (χ4v) is 4.81. The zero-order valence-electron chi connectivity index (χ0n) is 16.3. The molecule has 1 heterocycles. The molecule has 0 saturated heterocycles. The molecule has 1 aromatic carbocycles. The smallest absolute Gasteiger partial charge is 0.229 e. The van der Waals surface area contributed by atoms with E-state index in [4.69, 9.17) is 4.42 Å². The first-order valence-electron chi connectivity index (χ1n) is 9.76. The van der Waals surface area contributed by atoms with Crippen molar-refractivity contribution in [1.82, 2.24) is 4.98 Å². The Kier molecular flexibility index (Phi) is 6.74. The van der Waals surface area contributed by atoms with E-state index in [2.05, 4.69) is 18.8 Å². The number of carbonyl (C=O) groups is 1. The number of thioether (sulfide) groups is 1. The van der Waals surface area contributed by atoms with Crippen molar-refractivity contribution in [3.63, 3.8) is 0 Å². The number of nitrogens with zero attached hydrogens (tertiary/aromatic N) is 1. The summed E-state index contributed by atoms with van der Waals surface area (Å²) in [6, 6.07) is 6.46. The van der Waals surface area contributed by atoms with Gasteiger partial charge >= 0.3 is 0 Å². The average Bonchev–Trinajstić information content (AvgIpc) is 3.00. The molecule has 1 aromatic heterocycles. The van der Waals surface area contributed by atoms with Gasteiger partial charge in [-0.25, -0.2) is 9.37 Å². The van der Waals surface area contributed by atoms with Crippen LogP contribution in [0, 0.1) is 30.5 Å². The quantitative estimate of drug-likeness (QED) is 0.578. The van der Waals surface area contributed by atoms with E-state index in [1.165, 1.54) is 25.3 Å². The van der Waals surface area contributed by atoms with Crippen LogP contribution in [0.5, 0.6) is 0 Å². The van der Waals surface area contributed by atoms with Crippen molar-refractivity contribution in [2.75, 3.05) is 5.75 Å². The van der Waals surface area contributed by atoms with Crippen LogP contribution < -0.4 is 0 Å². The minimum atomic E-state index is -0.344. The zero-order valence-corrected chi connectivity index (χ0v) is 17.2. The monoisotopic (exact) mass is 389 g/mol. The van der Waals surface area contributed by atoms with Gasteiger partial charge in [0.05, 0.1) is 17.0 Å². The fraction of sp³-hybridized carbons (Fsp3) is 0.545. The molecular formula is C22H28FNO2S. The van der Waals surface area contributed by atoms with Crippen LogP contribution in [0.25, 0.3) is 11.5 Å². The summed E-state index contributed by atoms with van der Waals surface area (Å²) in [6.07, 6.45) is 4.40. The zero-order chi connectivity index (χ0) is 19.4. The molecule has 0 radical (unpaired) electrons. The molecule has 0 spiro atoms. The van der Waals surface area contributed by atoms with Crippen LogP contribution in [-0.2, 0) is 10.5 Å². The summed E-state index contributed by atoms with van der Waals surface area (Å²) in [5.41, 5.74) is 1.15. The van der Waals surface area contributed by atoms with Crippen LogP contribution in [0.3, 0.4) is 0 Å². The molecule has 0 bridgehead atoms. The van der Waals surface area contributed by atoms with Gasteiger partial charge in [0.2, 0.25) is 5.89 Å². The summed E-state index contributed by atoms with van der Waals surface area (Å²) in [4.78, 5) is 16.8. The van der Waals surface area contributed by atoms with Crippen molar-refractivity contribution in [2.24, 2.45) is 17.8 Å². The molecule has 0 N–H and O–H groups in total. The molecular weight excluding hydrogens is 361 g/mol. The summed E-state index contributed by atoms with van der Waals surface area (Å²) in [6.45, 7) is 6.43. The summed E-state index contributed by atoms with van der Waals surface area (Å²) in [7, 11) is 0. The largest absolute Gasteiger partial charge is 0.441 e. The lowest BCUT2D eigenvalue weighted by molar-refractivity contribution is -0.118. The SMILES string of the molecule is Cc1oc(-c2ccccc2F)nc1CSCC(=O)CC1CCCC(C)C1C. The third-order valence-electron chi connectivity index (χ3n) is 5.86. The van der Waals surface area contributed by atoms with Gasteiger partial charge in [-0.15, -0.1) is 11.8 Å². The van der Waals surface area contributed by atoms with Crippen molar-refractivity contribution >= 4 is 17.5 Å². The number of ketones is 1. The molecule has 0 amide bonds. The predicted molar refractivity (Wildman–Crippen MR) is 108 cm³/mol. The number of hydrogen-bond acceptors (Lipinski definition) is 4. The first-order valence-corrected chi connectivity index (χ1v) is 10.9. The first kappa shape index (κ1) is 20.1. The van der Waals surface area contributed by atoms with E-state index in [1.807, 2.05) is 6.92 Å². The van der Waals surface area contributed by atoms with Crippen molar-refractivity contribution in [3.8, 4) is 11.5 Å². The average molecular weight is 390 g/mol. The van der Waals surface area contributed by atoms with Gasteiger partial charge in [0.25, 0.3) is 0 Å². The van der Waals surface area contributed by atoms with E-state index in [0.29, 0.717) is 52.8 Å². The van der Waals surface area contributed by atoms with Gasteiger partial charge in [0.1, 0.15) is 17.4 Å². The third-order valence-corrected chi connectivity index (χ3v) is 6.87. The van der Waals surface area contributed by atoms with Crippen molar-refractivity contribution in [1.29, 1.82) is 0 Å². The Hall–Kier alpha value is -1.62. The standard InChI is InChI=1S/C22H28FNO2S/c1-14-7-6-8-17(15(14)2)11-18(25)12-27-13-21-16(3)26-22(24-21)19-9-4-5-10-20(19)23/h4-5,9-10,14-15,17H,6-8,11-13H2,1-3H3. The maximum absolute atomic E-state index is 13.9. The summed E-state index contributed by atoms with van der Waals surface area (Å²) in [5, 5.41) is 0. The molecule has 146 valence electrons. The van der Waals surface area contributed by atoms with E-state index in [1.54, 1.807) is 30.0 Å². The highest BCUT2D eigenvalue weighted by Crippen LogP contribution is 2.36. The van der Waals surface area contributed by atoms with Gasteiger partial charge in [-0.05, 0) is 43.2 Å². The molecule has 0 aliphatic heterocycles. The fourth-order valence-electron chi connectivity index (χ4n) is 3.91. The second kappa shape index (κ2) is 9.05. The molecule has 1 fully saturated rings. The van der Waals surface area contributed by atoms with Crippen molar-refractivity contribution in [2.45, 2.75) is 52.2 Å². The van der Waals surface area contributed by atoms with Gasteiger partial charge in [-0.3, -0.25) is 4.79 Å². The normalized spacial score (nSPS) is 22.7. The van der Waals surface area contributed by atoms with Gasteiger partial charge in [-0.2, -0.15) is 0 Å². The Bertz CT molecular complexity index is 788. The lowest BCUT2D eigenvalue weighted by atomic mass is 9.72. The van der Waals surface area contributed by atoms with Gasteiger partial charge in [0, 0.05) is 12.2 Å². The Balaban J connectivity index is 1.52. The van der Waals surface area contributed by atoms with Gasteiger partial charge in [-0.1, -0.05) is 38.8 Å². The van der Waals surface area contributed by atoms with Gasteiger partial charge in [0.15, 0.2) is 0 Å². The number of Topliss-reactive ketones (excluding diaryl/α,β-unsaturated/α-hetero) is 1. The van der Waals surface area contributed by atoms with Crippen LogP contribution in [0.2, 0.25) is 0 Å². The number of aryl methyl sites for hydroxylation is 1. The van der Waals surface area contributed by atoms with Gasteiger partial charge < -0.3 is 4.42 Å². The molecule has 1 saturated carbocycles. The molecule has 27 heavy (non-hydrogen) atoms. The number of rotatable bonds is 7. The van der Waals surface area contributed by atoms with Crippen LogP contribution in [0.1, 0.15) is 51.0 Å². The lowest BCUT2D eigenvalue weighted by Gasteiger charge is -2.33. The molecule has 1 aliphatic rings. The van der Waals surface area contributed by atoms with E-state index >= 15 is 0 Å². The Morgan fingerprint density at radius 1 is 1.30 bits per heavy atom. The number of benzene rings is 1. The Morgan fingerprint density at radius 2 is 2.07 bits per heavy atom. The number of carbonyl (C=O) groups excluding carboxylic acids is 1. The van der Waals surface area contributed by atoms with Crippen LogP contribution >= 0.6 is 11.8 Å². The highest BCUT2D eigenvalue weighted by molar-refractivity contribution is 7.99. The topological polar surface area (TPSA) is 43.1 Å². The summed E-state index contributed by atoms with van der Waals surface area (Å²) < 4.78 is 19.5. The minimum Gasteiger partial charge on any atom is -0.441 e.